The van der Waals surface area contributed by atoms with Gasteiger partial charge in [0, 0.05) is 17.7 Å². The molecule has 0 saturated carbocycles. The maximum Gasteiger partial charge on any atom is 0.435 e. The Labute approximate surface area is 124 Å². The molecular weight excluding hydrogens is 340 g/mol. The van der Waals surface area contributed by atoms with E-state index in [2.05, 4.69) is 5.10 Å². The first kappa shape index (κ1) is 18.0. The van der Waals surface area contributed by atoms with Crippen molar-refractivity contribution in [2.75, 3.05) is 6.67 Å². The lowest BCUT2D eigenvalue weighted by molar-refractivity contribution is -0.150. The van der Waals surface area contributed by atoms with Gasteiger partial charge in [-0.15, -0.1) is 0 Å². The van der Waals surface area contributed by atoms with Crippen LogP contribution in [0.5, 0.6) is 0 Å². The Morgan fingerprint density at radius 1 is 1.26 bits per heavy atom. The molecule has 0 saturated heterocycles. The zero-order valence-corrected chi connectivity index (χ0v) is 11.4. The van der Waals surface area contributed by atoms with E-state index < -0.39 is 73.6 Å². The average Bonchev–Trinajstić information content (AvgIpc) is 2.81. The number of aromatic nitrogens is 2. The van der Waals surface area contributed by atoms with Crippen molar-refractivity contribution in [1.29, 1.82) is 0 Å². The molecule has 0 fully saturated rings. The molecule has 3 nitrogen and oxygen atoms in total. The summed E-state index contributed by atoms with van der Waals surface area (Å²) < 4.78 is 104. The predicted molar refractivity (Wildman–Crippen MR) is 61.2 cm³/mol. The molecule has 132 valence electrons. The second-order valence-corrected chi connectivity index (χ2v) is 5.24. The van der Waals surface area contributed by atoms with Gasteiger partial charge in [0.2, 0.25) is 0 Å². The van der Waals surface area contributed by atoms with Gasteiger partial charge >= 0.3 is 6.18 Å². The maximum atomic E-state index is 13.5. The van der Waals surface area contributed by atoms with Gasteiger partial charge in [0.1, 0.15) is 12.8 Å². The fourth-order valence-electron chi connectivity index (χ4n) is 2.43. The minimum atomic E-state index is -5.16. The Bertz CT molecular complexity index is 570. The lowest BCUT2D eigenvalue weighted by Gasteiger charge is -2.28. The summed E-state index contributed by atoms with van der Waals surface area (Å²) in [5.74, 6) is -3.79. The molecule has 0 bridgehead atoms. The number of hydrogen-bond donors (Lipinski definition) is 1. The zero-order chi connectivity index (χ0) is 17.6. The summed E-state index contributed by atoms with van der Waals surface area (Å²) in [6.45, 7) is -2.75. The first-order valence-corrected chi connectivity index (χ1v) is 6.55. The summed E-state index contributed by atoms with van der Waals surface area (Å²) in [5, 5.41) is 12.5. The van der Waals surface area contributed by atoms with E-state index in [0.717, 1.165) is 0 Å². The van der Waals surface area contributed by atoms with Crippen molar-refractivity contribution in [3.63, 3.8) is 0 Å². The van der Waals surface area contributed by atoms with Crippen molar-refractivity contribution in [2.45, 2.75) is 49.9 Å². The van der Waals surface area contributed by atoms with Crippen LogP contribution in [0.4, 0.5) is 35.1 Å². The monoisotopic (exact) mass is 352 g/mol. The number of rotatable bonds is 4. The van der Waals surface area contributed by atoms with E-state index in [4.69, 9.17) is 0 Å². The summed E-state index contributed by atoms with van der Waals surface area (Å²) in [6.07, 6.45) is -14.6. The van der Waals surface area contributed by atoms with E-state index in [1.807, 2.05) is 0 Å². The lowest BCUT2D eigenvalue weighted by Crippen LogP contribution is -2.34. The van der Waals surface area contributed by atoms with Gasteiger partial charge in [0.25, 0.3) is 5.92 Å². The summed E-state index contributed by atoms with van der Waals surface area (Å²) in [5.41, 5.74) is -3.37. The van der Waals surface area contributed by atoms with Gasteiger partial charge in [0.05, 0.1) is 6.54 Å². The molecule has 1 aromatic rings. The van der Waals surface area contributed by atoms with Crippen LogP contribution >= 0.6 is 0 Å². The molecule has 1 heterocycles. The third-order valence-electron chi connectivity index (χ3n) is 3.62. The summed E-state index contributed by atoms with van der Waals surface area (Å²) in [4.78, 5) is 0. The van der Waals surface area contributed by atoms with Crippen LogP contribution in [-0.2, 0) is 19.1 Å². The van der Waals surface area contributed by atoms with Crippen LogP contribution < -0.4 is 0 Å². The Morgan fingerprint density at radius 3 is 2.39 bits per heavy atom. The molecule has 0 amide bonds. The van der Waals surface area contributed by atoms with Gasteiger partial charge in [0.15, 0.2) is 18.0 Å². The van der Waals surface area contributed by atoms with Gasteiger partial charge in [-0.1, -0.05) is 0 Å². The topological polar surface area (TPSA) is 38.1 Å². The van der Waals surface area contributed by atoms with Gasteiger partial charge in [-0.2, -0.15) is 18.3 Å². The van der Waals surface area contributed by atoms with Crippen molar-refractivity contribution in [2.24, 2.45) is 0 Å². The lowest BCUT2D eigenvalue weighted by atomic mass is 9.89. The molecule has 0 aliphatic heterocycles. The van der Waals surface area contributed by atoms with Crippen LogP contribution in [0.3, 0.4) is 0 Å². The quantitative estimate of drug-likeness (QED) is 0.846. The molecule has 0 spiro atoms. The molecule has 11 heteroatoms. The third kappa shape index (κ3) is 3.29. The van der Waals surface area contributed by atoms with Crippen LogP contribution in [0.1, 0.15) is 29.5 Å². The van der Waals surface area contributed by atoms with Gasteiger partial charge in [-0.05, 0) is 6.42 Å². The van der Waals surface area contributed by atoms with E-state index in [0.29, 0.717) is 4.68 Å². The number of hydrogen-bond acceptors (Lipinski definition) is 2. The summed E-state index contributed by atoms with van der Waals surface area (Å²) in [6, 6.07) is 0. The van der Waals surface area contributed by atoms with Crippen molar-refractivity contribution >= 4 is 0 Å². The van der Waals surface area contributed by atoms with E-state index in [1.165, 1.54) is 0 Å². The van der Waals surface area contributed by atoms with Crippen LogP contribution in [-0.4, -0.2) is 39.8 Å². The molecule has 1 N–H and O–H groups in total. The van der Waals surface area contributed by atoms with Gasteiger partial charge in [-0.25, -0.2) is 22.0 Å². The minimum absolute atomic E-state index is 0.378. The van der Waals surface area contributed by atoms with Crippen LogP contribution in [0.2, 0.25) is 0 Å². The Kier molecular flexibility index (Phi) is 4.62. The first-order valence-electron chi connectivity index (χ1n) is 6.55. The number of fused-ring (bicyclic) bond motifs is 1. The third-order valence-corrected chi connectivity index (χ3v) is 3.62. The zero-order valence-electron chi connectivity index (χ0n) is 11.4. The van der Waals surface area contributed by atoms with E-state index >= 15 is 0 Å². The number of halogens is 8. The second-order valence-electron chi connectivity index (χ2n) is 5.24. The summed E-state index contributed by atoms with van der Waals surface area (Å²) >= 11 is 0. The Morgan fingerprint density at radius 2 is 1.87 bits per heavy atom. The van der Waals surface area contributed by atoms with Crippen LogP contribution in [0, 0.1) is 0 Å². The molecule has 2 rings (SSSR count). The average molecular weight is 352 g/mol. The molecule has 23 heavy (non-hydrogen) atoms. The molecule has 0 aromatic carbocycles. The highest BCUT2D eigenvalue weighted by Crippen LogP contribution is 2.46. The highest BCUT2D eigenvalue weighted by molar-refractivity contribution is 5.35. The van der Waals surface area contributed by atoms with Gasteiger partial charge < -0.3 is 5.11 Å². The van der Waals surface area contributed by atoms with E-state index in [-0.39, 0.29) is 0 Å². The van der Waals surface area contributed by atoms with Crippen molar-refractivity contribution < 1.29 is 40.2 Å². The Balaban J connectivity index is 2.47. The molecule has 3 atom stereocenters. The Hall–Kier alpha value is -1.39. The fourth-order valence-corrected chi connectivity index (χ4v) is 2.43. The molecule has 1 aliphatic rings. The van der Waals surface area contributed by atoms with Crippen molar-refractivity contribution in [3.8, 4) is 0 Å². The predicted octanol–water partition coefficient (Wildman–Crippen LogP) is 3.16. The SMILES string of the molecule is O[C@H]1c2c(C(F)(F)F)nn(CC(F)C(F)CF)c2CCC1(F)F. The molecule has 1 aromatic heterocycles. The fraction of sp³-hybridized carbons (Fsp3) is 0.750. The highest BCUT2D eigenvalue weighted by atomic mass is 19.4. The maximum absolute atomic E-state index is 13.5. The normalized spacial score (nSPS) is 23.4. The van der Waals surface area contributed by atoms with E-state index in [1.54, 1.807) is 0 Å². The minimum Gasteiger partial charge on any atom is -0.382 e. The van der Waals surface area contributed by atoms with E-state index in [9.17, 15) is 40.2 Å². The number of aliphatic hydroxyl groups excluding tert-OH is 1. The molecular formula is C12H12F8N2O. The number of aliphatic hydroxyl groups is 1. The molecule has 0 radical (unpaired) electrons. The number of nitrogens with zero attached hydrogens (tertiary/aromatic N) is 2. The summed E-state index contributed by atoms with van der Waals surface area (Å²) in [7, 11) is 0. The highest BCUT2D eigenvalue weighted by Gasteiger charge is 2.51. The smallest absolute Gasteiger partial charge is 0.382 e. The molecule has 1 aliphatic carbocycles. The number of alkyl halides is 8. The largest absolute Gasteiger partial charge is 0.435 e. The second kappa shape index (κ2) is 5.91. The van der Waals surface area contributed by atoms with Crippen LogP contribution in [0.15, 0.2) is 0 Å². The van der Waals surface area contributed by atoms with Crippen molar-refractivity contribution in [1.82, 2.24) is 9.78 Å². The van der Waals surface area contributed by atoms with Gasteiger partial charge in [-0.3, -0.25) is 4.68 Å². The standard InChI is InChI=1S/C12H12F8N2O/c13-3-5(14)6(15)4-22-7-1-2-11(16,17)10(23)8(7)9(21-22)12(18,19)20/h5-6,10,23H,1-4H2/t5?,6?,10-/m0/s1. The van der Waals surface area contributed by atoms with Crippen LogP contribution in [0.25, 0.3) is 0 Å². The first-order chi connectivity index (χ1) is 10.5. The van der Waals surface area contributed by atoms with Crippen molar-refractivity contribution in [3.05, 3.63) is 17.0 Å². The molecule has 2 unspecified atom stereocenters.